The summed E-state index contributed by atoms with van der Waals surface area (Å²) in [5.41, 5.74) is 1.42. The van der Waals surface area contributed by atoms with Crippen LogP contribution in [0.3, 0.4) is 0 Å². The molecule has 0 saturated carbocycles. The van der Waals surface area contributed by atoms with E-state index >= 15 is 0 Å². The minimum Gasteiger partial charge on any atom is -0.493 e. The van der Waals surface area contributed by atoms with Crippen molar-refractivity contribution in [2.24, 2.45) is 0 Å². The molecule has 1 amide bonds. The van der Waals surface area contributed by atoms with E-state index in [1.165, 1.54) is 18.9 Å². The van der Waals surface area contributed by atoms with E-state index in [9.17, 15) is 4.79 Å². The van der Waals surface area contributed by atoms with Crippen molar-refractivity contribution >= 4 is 39.3 Å². The number of carbonyl (C=O) groups excluding carboxylic acids is 1. The number of rotatable bonds is 7. The van der Waals surface area contributed by atoms with Crippen molar-refractivity contribution in [3.63, 3.8) is 0 Å². The molecule has 27 heavy (non-hydrogen) atoms. The van der Waals surface area contributed by atoms with E-state index in [4.69, 9.17) is 13.9 Å². The summed E-state index contributed by atoms with van der Waals surface area (Å²) >= 11 is 4.54. The summed E-state index contributed by atoms with van der Waals surface area (Å²) in [6, 6.07) is 12.7. The molecule has 3 aromatic rings. The minimum absolute atomic E-state index is 0.135. The molecule has 0 aliphatic rings. The predicted octanol–water partition coefficient (Wildman–Crippen LogP) is 4.25. The molecule has 7 nitrogen and oxygen atoms in total. The number of carbonyl (C=O) groups is 1. The van der Waals surface area contributed by atoms with Crippen molar-refractivity contribution in [3.8, 4) is 23.0 Å². The Kier molecular flexibility index (Phi) is 6.36. The van der Waals surface area contributed by atoms with Gasteiger partial charge in [0.15, 0.2) is 11.5 Å². The van der Waals surface area contributed by atoms with Gasteiger partial charge in [0.05, 0.1) is 20.0 Å². The van der Waals surface area contributed by atoms with E-state index < -0.39 is 0 Å². The first-order chi connectivity index (χ1) is 13.1. The summed E-state index contributed by atoms with van der Waals surface area (Å²) in [5, 5.41) is 11.1. The van der Waals surface area contributed by atoms with E-state index in [0.29, 0.717) is 28.3 Å². The molecule has 0 bridgehead atoms. The Morgan fingerprint density at radius 3 is 2.56 bits per heavy atom. The summed E-state index contributed by atoms with van der Waals surface area (Å²) in [6.07, 6.45) is 0. The third-order valence-corrected chi connectivity index (χ3v) is 4.84. The number of nitrogens with zero attached hydrogens (tertiary/aromatic N) is 2. The second kappa shape index (κ2) is 8.92. The molecule has 1 N–H and O–H groups in total. The number of anilines is 1. The van der Waals surface area contributed by atoms with Gasteiger partial charge in [-0.2, -0.15) is 0 Å². The number of ether oxygens (including phenoxy) is 2. The maximum atomic E-state index is 12.2. The first-order valence-corrected chi connectivity index (χ1v) is 9.61. The van der Waals surface area contributed by atoms with E-state index in [-0.39, 0.29) is 11.7 Å². The Morgan fingerprint density at radius 1 is 1.11 bits per heavy atom. The second-order valence-corrected chi connectivity index (χ2v) is 7.13. The topological polar surface area (TPSA) is 86.5 Å². The Morgan fingerprint density at radius 2 is 1.85 bits per heavy atom. The molecule has 0 fully saturated rings. The van der Waals surface area contributed by atoms with Crippen LogP contribution in [0, 0.1) is 0 Å². The van der Waals surface area contributed by atoms with Gasteiger partial charge in [-0.15, -0.1) is 10.2 Å². The number of hydrogen-bond acceptors (Lipinski definition) is 7. The lowest BCUT2D eigenvalue weighted by Crippen LogP contribution is -2.14. The fourth-order valence-electron chi connectivity index (χ4n) is 2.22. The van der Waals surface area contributed by atoms with E-state index in [1.54, 1.807) is 25.3 Å². The SMILES string of the molecule is COc1ccc(NC(=O)CSc2nnc(-c3ccc(Br)cc3)o2)cc1OC. The number of benzene rings is 2. The minimum atomic E-state index is -0.199. The highest BCUT2D eigenvalue weighted by atomic mass is 79.9. The lowest BCUT2D eigenvalue weighted by atomic mass is 10.2. The molecular weight excluding hydrogens is 434 g/mol. The monoisotopic (exact) mass is 449 g/mol. The molecule has 0 spiro atoms. The van der Waals surface area contributed by atoms with E-state index in [1.807, 2.05) is 24.3 Å². The maximum Gasteiger partial charge on any atom is 0.277 e. The summed E-state index contributed by atoms with van der Waals surface area (Å²) in [7, 11) is 3.09. The van der Waals surface area contributed by atoms with Gasteiger partial charge in [-0.3, -0.25) is 4.79 Å². The zero-order valence-electron chi connectivity index (χ0n) is 14.6. The Hall–Kier alpha value is -2.52. The molecule has 0 unspecified atom stereocenters. The van der Waals surface area contributed by atoms with Crippen LogP contribution in [0.4, 0.5) is 5.69 Å². The van der Waals surface area contributed by atoms with Crippen molar-refractivity contribution in [2.75, 3.05) is 25.3 Å². The van der Waals surface area contributed by atoms with Gasteiger partial charge in [0, 0.05) is 21.8 Å². The predicted molar refractivity (Wildman–Crippen MR) is 106 cm³/mol. The Bertz CT molecular complexity index is 931. The fraction of sp³-hybridized carbons (Fsp3) is 0.167. The second-order valence-electron chi connectivity index (χ2n) is 5.29. The maximum absolute atomic E-state index is 12.2. The van der Waals surface area contributed by atoms with Gasteiger partial charge in [-0.25, -0.2) is 0 Å². The van der Waals surface area contributed by atoms with Crippen LogP contribution in [0.5, 0.6) is 11.5 Å². The molecule has 3 rings (SSSR count). The first kappa shape index (κ1) is 19.2. The van der Waals surface area contributed by atoms with Crippen LogP contribution in [0.25, 0.3) is 11.5 Å². The number of amides is 1. The highest BCUT2D eigenvalue weighted by molar-refractivity contribution is 9.10. The van der Waals surface area contributed by atoms with Gasteiger partial charge in [0.2, 0.25) is 11.8 Å². The van der Waals surface area contributed by atoms with E-state index in [2.05, 4.69) is 31.4 Å². The number of aromatic nitrogens is 2. The average molecular weight is 450 g/mol. The van der Waals surface area contributed by atoms with Gasteiger partial charge in [0.1, 0.15) is 0 Å². The summed E-state index contributed by atoms with van der Waals surface area (Å²) < 4.78 is 16.9. The smallest absolute Gasteiger partial charge is 0.277 e. The molecule has 1 heterocycles. The van der Waals surface area contributed by atoms with Gasteiger partial charge in [0.25, 0.3) is 5.22 Å². The molecule has 2 aromatic carbocycles. The van der Waals surface area contributed by atoms with Crippen molar-refractivity contribution in [3.05, 3.63) is 46.9 Å². The fourth-order valence-corrected chi connectivity index (χ4v) is 3.04. The van der Waals surface area contributed by atoms with Gasteiger partial charge < -0.3 is 19.2 Å². The highest BCUT2D eigenvalue weighted by Gasteiger charge is 2.12. The van der Waals surface area contributed by atoms with Gasteiger partial charge in [-0.05, 0) is 36.4 Å². The normalized spacial score (nSPS) is 10.5. The summed E-state index contributed by atoms with van der Waals surface area (Å²) in [5.74, 6) is 1.48. The van der Waals surface area contributed by atoms with Crippen LogP contribution in [-0.2, 0) is 4.79 Å². The summed E-state index contributed by atoms with van der Waals surface area (Å²) in [6.45, 7) is 0. The number of halogens is 1. The van der Waals surface area contributed by atoms with Crippen LogP contribution in [0.15, 0.2) is 56.6 Å². The quantitative estimate of drug-likeness (QED) is 0.539. The average Bonchev–Trinajstić information content (AvgIpc) is 3.16. The molecule has 9 heteroatoms. The van der Waals surface area contributed by atoms with Crippen LogP contribution < -0.4 is 14.8 Å². The molecule has 0 aliphatic heterocycles. The van der Waals surface area contributed by atoms with Crippen molar-refractivity contribution < 1.29 is 18.7 Å². The van der Waals surface area contributed by atoms with Crippen LogP contribution in [0.2, 0.25) is 0 Å². The van der Waals surface area contributed by atoms with Gasteiger partial charge in [-0.1, -0.05) is 27.7 Å². The Balaban J connectivity index is 1.57. The summed E-state index contributed by atoms with van der Waals surface area (Å²) in [4.78, 5) is 12.2. The Labute approximate surface area is 168 Å². The third kappa shape index (κ3) is 5.01. The highest BCUT2D eigenvalue weighted by Crippen LogP contribution is 2.30. The molecule has 0 saturated heterocycles. The zero-order valence-corrected chi connectivity index (χ0v) is 17.0. The number of hydrogen-bond donors (Lipinski definition) is 1. The van der Waals surface area contributed by atoms with Crippen molar-refractivity contribution in [2.45, 2.75) is 5.22 Å². The lowest BCUT2D eigenvalue weighted by molar-refractivity contribution is -0.113. The molecule has 0 atom stereocenters. The molecule has 1 aromatic heterocycles. The number of nitrogens with one attached hydrogen (secondary N) is 1. The van der Waals surface area contributed by atoms with Crippen LogP contribution in [0.1, 0.15) is 0 Å². The van der Waals surface area contributed by atoms with Crippen LogP contribution >= 0.6 is 27.7 Å². The molecular formula is C18H16BrN3O4S. The zero-order chi connectivity index (χ0) is 19.2. The van der Waals surface area contributed by atoms with Crippen LogP contribution in [-0.4, -0.2) is 36.1 Å². The van der Waals surface area contributed by atoms with Crippen molar-refractivity contribution in [1.29, 1.82) is 0 Å². The molecule has 0 radical (unpaired) electrons. The number of thioether (sulfide) groups is 1. The standard InChI is InChI=1S/C18H16BrN3O4S/c1-24-14-8-7-13(9-15(14)25-2)20-16(23)10-27-18-22-21-17(26-18)11-3-5-12(19)6-4-11/h3-9H,10H2,1-2H3,(H,20,23). The molecule has 0 aliphatic carbocycles. The molecule has 140 valence electrons. The lowest BCUT2D eigenvalue weighted by Gasteiger charge is -2.10. The van der Waals surface area contributed by atoms with Gasteiger partial charge >= 0.3 is 0 Å². The first-order valence-electron chi connectivity index (χ1n) is 7.83. The van der Waals surface area contributed by atoms with Crippen molar-refractivity contribution in [1.82, 2.24) is 10.2 Å². The van der Waals surface area contributed by atoms with E-state index in [0.717, 1.165) is 10.0 Å². The third-order valence-electron chi connectivity index (χ3n) is 3.49. The largest absolute Gasteiger partial charge is 0.493 e. The number of methoxy groups -OCH3 is 2.